The summed E-state index contributed by atoms with van der Waals surface area (Å²) in [4.78, 5) is 0. The third-order valence-corrected chi connectivity index (χ3v) is 2.82. The lowest BCUT2D eigenvalue weighted by molar-refractivity contribution is 0.421. The molecule has 0 amide bonds. The van der Waals surface area contributed by atoms with Gasteiger partial charge in [0.15, 0.2) is 0 Å². The third kappa shape index (κ3) is 0.897. The third-order valence-electron chi connectivity index (χ3n) is 2.12. The molecule has 0 aliphatic heterocycles. The quantitative estimate of drug-likeness (QED) is 0.559. The van der Waals surface area contributed by atoms with Gasteiger partial charge in [-0.1, -0.05) is 6.42 Å². The summed E-state index contributed by atoms with van der Waals surface area (Å²) >= 11 is 1.82. The second-order valence-electron chi connectivity index (χ2n) is 2.68. The molecular weight excluding hydrogens is 128 g/mol. The van der Waals surface area contributed by atoms with Crippen LogP contribution in [0, 0.1) is 0 Å². The van der Waals surface area contributed by atoms with E-state index in [0.717, 1.165) is 5.92 Å². The van der Waals surface area contributed by atoms with Crippen LogP contribution in [0.1, 0.15) is 30.7 Å². The predicted molar refractivity (Wildman–Crippen MR) is 40.9 cm³/mol. The number of rotatable bonds is 1. The van der Waals surface area contributed by atoms with Gasteiger partial charge in [-0.2, -0.15) is 11.3 Å². The zero-order valence-electron chi connectivity index (χ0n) is 5.34. The Morgan fingerprint density at radius 1 is 1.44 bits per heavy atom. The molecular formula is C8H10S. The standard InChI is InChI=1S/C8H10S/c1-2-7(3-1)8-4-5-9-6-8/h4-7H,1-3H2. The molecule has 1 heteroatoms. The highest BCUT2D eigenvalue weighted by Gasteiger charge is 2.18. The maximum atomic E-state index is 2.28. The molecule has 9 heavy (non-hydrogen) atoms. The van der Waals surface area contributed by atoms with Crippen LogP contribution in [-0.4, -0.2) is 0 Å². The highest BCUT2D eigenvalue weighted by atomic mass is 32.1. The summed E-state index contributed by atoms with van der Waals surface area (Å²) in [7, 11) is 0. The van der Waals surface area contributed by atoms with Crippen LogP contribution in [-0.2, 0) is 0 Å². The van der Waals surface area contributed by atoms with Crippen LogP contribution in [0.2, 0.25) is 0 Å². The lowest BCUT2D eigenvalue weighted by Gasteiger charge is -2.24. The molecule has 0 atom stereocenters. The first kappa shape index (κ1) is 5.48. The summed E-state index contributed by atoms with van der Waals surface area (Å²) in [6.45, 7) is 0. The molecule has 1 heterocycles. The molecule has 0 unspecified atom stereocenters. The molecule has 1 aromatic rings. The first-order valence-corrected chi connectivity index (χ1v) is 4.43. The Balaban J connectivity index is 2.14. The van der Waals surface area contributed by atoms with Gasteiger partial charge < -0.3 is 0 Å². The molecule has 0 nitrogen and oxygen atoms in total. The fourth-order valence-electron chi connectivity index (χ4n) is 1.25. The normalized spacial score (nSPS) is 19.6. The van der Waals surface area contributed by atoms with Crippen LogP contribution in [0.5, 0.6) is 0 Å². The van der Waals surface area contributed by atoms with E-state index in [9.17, 15) is 0 Å². The molecule has 0 N–H and O–H groups in total. The van der Waals surface area contributed by atoms with E-state index in [2.05, 4.69) is 16.8 Å². The number of hydrogen-bond acceptors (Lipinski definition) is 1. The van der Waals surface area contributed by atoms with Gasteiger partial charge in [0.2, 0.25) is 0 Å². The predicted octanol–water partition coefficient (Wildman–Crippen LogP) is 3.02. The highest BCUT2D eigenvalue weighted by Crippen LogP contribution is 2.36. The summed E-state index contributed by atoms with van der Waals surface area (Å²) in [5.74, 6) is 0.927. The van der Waals surface area contributed by atoms with E-state index in [0.29, 0.717) is 0 Å². The minimum absolute atomic E-state index is 0.927. The van der Waals surface area contributed by atoms with Gasteiger partial charge in [-0.3, -0.25) is 0 Å². The topological polar surface area (TPSA) is 0 Å². The Hall–Kier alpha value is -0.300. The monoisotopic (exact) mass is 138 g/mol. The molecule has 1 fully saturated rings. The zero-order chi connectivity index (χ0) is 6.10. The minimum atomic E-state index is 0.927. The average Bonchev–Trinajstić information content (AvgIpc) is 2.11. The minimum Gasteiger partial charge on any atom is -0.152 e. The molecule has 48 valence electrons. The van der Waals surface area contributed by atoms with E-state index in [1.807, 2.05) is 11.3 Å². The van der Waals surface area contributed by atoms with E-state index in [4.69, 9.17) is 0 Å². The molecule has 0 spiro atoms. The fraction of sp³-hybridized carbons (Fsp3) is 0.500. The molecule has 1 saturated carbocycles. The van der Waals surface area contributed by atoms with Crippen molar-refractivity contribution in [3.05, 3.63) is 22.4 Å². The van der Waals surface area contributed by atoms with Gasteiger partial charge in [0.05, 0.1) is 0 Å². The summed E-state index contributed by atoms with van der Waals surface area (Å²) in [6, 6.07) is 2.26. The van der Waals surface area contributed by atoms with Crippen molar-refractivity contribution in [1.82, 2.24) is 0 Å². The first-order valence-electron chi connectivity index (χ1n) is 3.49. The van der Waals surface area contributed by atoms with E-state index >= 15 is 0 Å². The van der Waals surface area contributed by atoms with Crippen molar-refractivity contribution >= 4 is 11.3 Å². The Morgan fingerprint density at radius 2 is 2.33 bits per heavy atom. The molecule has 0 aromatic carbocycles. The van der Waals surface area contributed by atoms with Crippen molar-refractivity contribution < 1.29 is 0 Å². The van der Waals surface area contributed by atoms with Crippen molar-refractivity contribution in [1.29, 1.82) is 0 Å². The van der Waals surface area contributed by atoms with E-state index < -0.39 is 0 Å². The largest absolute Gasteiger partial charge is 0.152 e. The molecule has 1 aliphatic carbocycles. The summed E-state index contributed by atoms with van der Waals surface area (Å²) < 4.78 is 0. The Bertz CT molecular complexity index is 172. The van der Waals surface area contributed by atoms with Crippen LogP contribution < -0.4 is 0 Å². The van der Waals surface area contributed by atoms with Crippen molar-refractivity contribution in [3.63, 3.8) is 0 Å². The van der Waals surface area contributed by atoms with Crippen molar-refractivity contribution in [2.45, 2.75) is 25.2 Å². The average molecular weight is 138 g/mol. The van der Waals surface area contributed by atoms with Gasteiger partial charge in [-0.05, 0) is 41.1 Å². The zero-order valence-corrected chi connectivity index (χ0v) is 6.16. The fourth-order valence-corrected chi connectivity index (χ4v) is 1.99. The summed E-state index contributed by atoms with van der Waals surface area (Å²) in [5.41, 5.74) is 1.58. The van der Waals surface area contributed by atoms with Crippen LogP contribution in [0.3, 0.4) is 0 Å². The van der Waals surface area contributed by atoms with Crippen molar-refractivity contribution in [2.24, 2.45) is 0 Å². The molecule has 0 radical (unpaired) electrons. The first-order chi connectivity index (χ1) is 4.47. The van der Waals surface area contributed by atoms with Gasteiger partial charge >= 0.3 is 0 Å². The molecule has 1 aromatic heterocycles. The van der Waals surface area contributed by atoms with Gasteiger partial charge in [-0.15, -0.1) is 0 Å². The summed E-state index contributed by atoms with van der Waals surface area (Å²) in [6.07, 6.45) is 4.30. The molecule has 0 bridgehead atoms. The van der Waals surface area contributed by atoms with Crippen LogP contribution >= 0.6 is 11.3 Å². The molecule has 1 aliphatic rings. The van der Waals surface area contributed by atoms with Gasteiger partial charge in [0.1, 0.15) is 0 Å². The maximum Gasteiger partial charge on any atom is -0.00584 e. The van der Waals surface area contributed by atoms with Gasteiger partial charge in [-0.25, -0.2) is 0 Å². The van der Waals surface area contributed by atoms with Gasteiger partial charge in [0.25, 0.3) is 0 Å². The maximum absolute atomic E-state index is 2.28. The Morgan fingerprint density at radius 3 is 2.78 bits per heavy atom. The molecule has 2 rings (SSSR count). The van der Waals surface area contributed by atoms with Crippen LogP contribution in [0.4, 0.5) is 0 Å². The number of hydrogen-bond donors (Lipinski definition) is 0. The lowest BCUT2D eigenvalue weighted by atomic mass is 9.81. The van der Waals surface area contributed by atoms with Crippen LogP contribution in [0.25, 0.3) is 0 Å². The van der Waals surface area contributed by atoms with Crippen molar-refractivity contribution in [2.75, 3.05) is 0 Å². The van der Waals surface area contributed by atoms with Gasteiger partial charge in [0, 0.05) is 0 Å². The Kier molecular flexibility index (Phi) is 1.31. The van der Waals surface area contributed by atoms with E-state index in [-0.39, 0.29) is 0 Å². The highest BCUT2D eigenvalue weighted by molar-refractivity contribution is 7.07. The smallest absolute Gasteiger partial charge is 0.00584 e. The SMILES string of the molecule is c1cc(C2CCC2)cs1. The van der Waals surface area contributed by atoms with Crippen molar-refractivity contribution in [3.8, 4) is 0 Å². The van der Waals surface area contributed by atoms with E-state index in [1.165, 1.54) is 19.3 Å². The number of thiophene rings is 1. The summed E-state index contributed by atoms with van der Waals surface area (Å²) in [5, 5.41) is 4.46. The lowest BCUT2D eigenvalue weighted by Crippen LogP contribution is -2.06. The Labute approximate surface area is 59.5 Å². The molecule has 0 saturated heterocycles. The van der Waals surface area contributed by atoms with Crippen LogP contribution in [0.15, 0.2) is 16.8 Å². The second kappa shape index (κ2) is 2.14. The second-order valence-corrected chi connectivity index (χ2v) is 3.46. The van der Waals surface area contributed by atoms with E-state index in [1.54, 1.807) is 5.56 Å².